The van der Waals surface area contributed by atoms with Crippen LogP contribution < -0.4 is 0 Å². The Bertz CT molecular complexity index is 1150. The maximum atomic E-state index is 13.4. The third-order valence-electron chi connectivity index (χ3n) is 6.71. The standard InChI is InChI=1S/C22H27N7O/c1-13-10-14(2)29-21(24-13)26-18(27-29)11-19(30)28-9-5-8-22(4)17(28)7-6-16-12-23-15(3)25-20(16)22/h10,12,17H,5-9,11H2,1-4H3/t17?,22-/m1/s1. The zero-order valence-corrected chi connectivity index (χ0v) is 18.0. The largest absolute Gasteiger partial charge is 0.338 e. The van der Waals surface area contributed by atoms with Crippen LogP contribution in [0.15, 0.2) is 12.3 Å². The van der Waals surface area contributed by atoms with Crippen LogP contribution in [-0.4, -0.2) is 52.9 Å². The quantitative estimate of drug-likeness (QED) is 0.650. The Hall–Kier alpha value is -2.90. The minimum absolute atomic E-state index is 0.0884. The number of hydrogen-bond acceptors (Lipinski definition) is 6. The van der Waals surface area contributed by atoms with E-state index in [1.54, 1.807) is 4.52 Å². The predicted octanol–water partition coefficient (Wildman–Crippen LogP) is 2.28. The lowest BCUT2D eigenvalue weighted by atomic mass is 9.65. The van der Waals surface area contributed by atoms with Crippen molar-refractivity contribution in [2.45, 2.75) is 71.3 Å². The Morgan fingerprint density at radius 1 is 1.23 bits per heavy atom. The van der Waals surface area contributed by atoms with Gasteiger partial charge in [0.1, 0.15) is 5.82 Å². The van der Waals surface area contributed by atoms with Gasteiger partial charge in [0, 0.05) is 35.6 Å². The van der Waals surface area contributed by atoms with Crippen LogP contribution in [0.25, 0.3) is 5.78 Å². The Morgan fingerprint density at radius 2 is 2.07 bits per heavy atom. The number of nitrogens with zero attached hydrogens (tertiary/aromatic N) is 7. The molecule has 0 saturated carbocycles. The molecule has 0 spiro atoms. The number of hydrogen-bond donors (Lipinski definition) is 0. The van der Waals surface area contributed by atoms with Crippen molar-refractivity contribution >= 4 is 11.7 Å². The molecule has 3 aromatic heterocycles. The molecule has 1 aliphatic heterocycles. The number of carbonyl (C=O) groups is 1. The molecule has 0 radical (unpaired) electrons. The maximum Gasteiger partial charge on any atom is 0.252 e. The van der Waals surface area contributed by atoms with E-state index >= 15 is 0 Å². The van der Waals surface area contributed by atoms with Crippen LogP contribution in [-0.2, 0) is 23.1 Å². The van der Waals surface area contributed by atoms with Gasteiger partial charge < -0.3 is 4.90 Å². The number of aromatic nitrogens is 6. The Morgan fingerprint density at radius 3 is 2.90 bits per heavy atom. The molecule has 0 aromatic carbocycles. The van der Waals surface area contributed by atoms with Crippen molar-refractivity contribution in [3.63, 3.8) is 0 Å². The number of rotatable bonds is 2. The van der Waals surface area contributed by atoms with Crippen molar-refractivity contribution in [2.24, 2.45) is 0 Å². The average Bonchev–Trinajstić information content (AvgIpc) is 3.10. The van der Waals surface area contributed by atoms with E-state index in [0.717, 1.165) is 55.1 Å². The van der Waals surface area contributed by atoms with Gasteiger partial charge in [-0.05, 0) is 58.1 Å². The maximum absolute atomic E-state index is 13.4. The van der Waals surface area contributed by atoms with Crippen molar-refractivity contribution in [1.82, 2.24) is 34.4 Å². The molecule has 0 bridgehead atoms. The molecule has 1 aliphatic carbocycles. The fourth-order valence-corrected chi connectivity index (χ4v) is 5.32. The van der Waals surface area contributed by atoms with Gasteiger partial charge in [-0.1, -0.05) is 6.92 Å². The van der Waals surface area contributed by atoms with Gasteiger partial charge in [0.05, 0.1) is 12.1 Å². The molecule has 1 saturated heterocycles. The number of piperidine rings is 1. The van der Waals surface area contributed by atoms with E-state index in [1.165, 1.54) is 5.56 Å². The Kier molecular flexibility index (Phi) is 4.34. The monoisotopic (exact) mass is 405 g/mol. The molecule has 156 valence electrons. The van der Waals surface area contributed by atoms with Crippen LogP contribution in [0.5, 0.6) is 0 Å². The van der Waals surface area contributed by atoms with Gasteiger partial charge in [0.25, 0.3) is 5.78 Å². The lowest BCUT2D eigenvalue weighted by Gasteiger charge is -2.51. The van der Waals surface area contributed by atoms with Crippen molar-refractivity contribution in [2.75, 3.05) is 6.54 Å². The van der Waals surface area contributed by atoms with E-state index in [-0.39, 0.29) is 23.8 Å². The molecule has 3 aromatic rings. The summed E-state index contributed by atoms with van der Waals surface area (Å²) in [6.45, 7) is 8.89. The highest BCUT2D eigenvalue weighted by molar-refractivity contribution is 5.79. The molecule has 1 amide bonds. The molecular weight excluding hydrogens is 378 g/mol. The zero-order valence-electron chi connectivity index (χ0n) is 18.0. The number of likely N-dealkylation sites (tertiary alicyclic amines) is 1. The van der Waals surface area contributed by atoms with Gasteiger partial charge in [-0.25, -0.2) is 19.5 Å². The minimum atomic E-state index is -0.128. The molecule has 8 heteroatoms. The summed E-state index contributed by atoms with van der Waals surface area (Å²) in [5, 5.41) is 4.53. The van der Waals surface area contributed by atoms with Crippen LogP contribution in [0.3, 0.4) is 0 Å². The van der Waals surface area contributed by atoms with Crippen molar-refractivity contribution in [3.8, 4) is 0 Å². The van der Waals surface area contributed by atoms with Gasteiger partial charge in [-0.2, -0.15) is 4.98 Å². The number of carbonyl (C=O) groups excluding carboxylic acids is 1. The molecule has 30 heavy (non-hydrogen) atoms. The summed E-state index contributed by atoms with van der Waals surface area (Å²) in [5.74, 6) is 1.97. The van der Waals surface area contributed by atoms with Gasteiger partial charge >= 0.3 is 0 Å². The number of aryl methyl sites for hydroxylation is 4. The predicted molar refractivity (Wildman–Crippen MR) is 111 cm³/mol. The lowest BCUT2D eigenvalue weighted by molar-refractivity contribution is -0.137. The molecule has 2 aliphatic rings. The van der Waals surface area contributed by atoms with Crippen LogP contribution in [0, 0.1) is 20.8 Å². The van der Waals surface area contributed by atoms with Crippen LogP contribution in [0.4, 0.5) is 0 Å². The van der Waals surface area contributed by atoms with Crippen molar-refractivity contribution in [3.05, 3.63) is 46.6 Å². The first kappa shape index (κ1) is 19.1. The molecule has 0 N–H and O–H groups in total. The Balaban J connectivity index is 1.43. The number of fused-ring (bicyclic) bond motifs is 4. The lowest BCUT2D eigenvalue weighted by Crippen LogP contribution is -2.58. The number of amides is 1. The van der Waals surface area contributed by atoms with Gasteiger partial charge in [-0.3, -0.25) is 4.79 Å². The SMILES string of the molecule is Cc1cc(C)n2nc(CC(=O)N3CCC[C@@]4(C)c5nc(C)ncc5CCC34)nc2n1. The molecular formula is C22H27N7O. The summed E-state index contributed by atoms with van der Waals surface area (Å²) < 4.78 is 1.71. The van der Waals surface area contributed by atoms with E-state index < -0.39 is 0 Å². The summed E-state index contributed by atoms with van der Waals surface area (Å²) in [6.07, 6.45) is 6.04. The Labute approximate surface area is 175 Å². The topological polar surface area (TPSA) is 89.2 Å². The first-order chi connectivity index (χ1) is 14.3. The molecule has 4 heterocycles. The summed E-state index contributed by atoms with van der Waals surface area (Å²) in [6, 6.07) is 2.12. The minimum Gasteiger partial charge on any atom is -0.338 e. The normalized spacial score (nSPS) is 23.3. The second kappa shape index (κ2) is 6.82. The van der Waals surface area contributed by atoms with Crippen LogP contribution >= 0.6 is 0 Å². The summed E-state index contributed by atoms with van der Waals surface area (Å²) in [4.78, 5) is 33.6. The van der Waals surface area contributed by atoms with Gasteiger partial charge in [0.2, 0.25) is 5.91 Å². The molecule has 8 nitrogen and oxygen atoms in total. The summed E-state index contributed by atoms with van der Waals surface area (Å²) in [7, 11) is 0. The van der Waals surface area contributed by atoms with Gasteiger partial charge in [-0.15, -0.1) is 5.10 Å². The van der Waals surface area contributed by atoms with E-state index in [2.05, 4.69) is 31.9 Å². The summed E-state index contributed by atoms with van der Waals surface area (Å²) >= 11 is 0. The third kappa shape index (κ3) is 2.97. The molecule has 5 rings (SSSR count). The second-order valence-electron chi connectivity index (χ2n) is 8.91. The molecule has 2 atom stereocenters. The fourth-order valence-electron chi connectivity index (χ4n) is 5.32. The third-order valence-corrected chi connectivity index (χ3v) is 6.71. The molecule has 1 fully saturated rings. The first-order valence-corrected chi connectivity index (χ1v) is 10.7. The second-order valence-corrected chi connectivity index (χ2v) is 8.91. The van der Waals surface area contributed by atoms with E-state index in [4.69, 9.17) is 4.98 Å². The van der Waals surface area contributed by atoms with Crippen LogP contribution in [0.2, 0.25) is 0 Å². The summed E-state index contributed by atoms with van der Waals surface area (Å²) in [5.41, 5.74) is 4.09. The fraction of sp³-hybridized carbons (Fsp3) is 0.545. The van der Waals surface area contributed by atoms with Crippen molar-refractivity contribution in [1.29, 1.82) is 0 Å². The highest BCUT2D eigenvalue weighted by atomic mass is 16.2. The van der Waals surface area contributed by atoms with Crippen LogP contribution in [0.1, 0.15) is 60.5 Å². The van der Waals surface area contributed by atoms with Crippen molar-refractivity contribution < 1.29 is 4.79 Å². The van der Waals surface area contributed by atoms with E-state index in [0.29, 0.717) is 11.6 Å². The highest BCUT2D eigenvalue weighted by Crippen LogP contribution is 2.44. The molecule has 1 unspecified atom stereocenters. The average molecular weight is 406 g/mol. The smallest absolute Gasteiger partial charge is 0.252 e. The highest BCUT2D eigenvalue weighted by Gasteiger charge is 2.48. The van der Waals surface area contributed by atoms with Gasteiger partial charge in [0.15, 0.2) is 5.82 Å². The van der Waals surface area contributed by atoms with E-state index in [1.807, 2.05) is 33.0 Å². The first-order valence-electron chi connectivity index (χ1n) is 10.7. The van der Waals surface area contributed by atoms with E-state index in [9.17, 15) is 4.79 Å². The zero-order chi connectivity index (χ0) is 21.0.